The molecule has 0 fully saturated rings. The molecule has 8 heteroatoms. The number of carbonyl (C=O) groups excluding carboxylic acids is 2. The topological polar surface area (TPSA) is 93.2 Å². The average molecular weight is 347 g/mol. The number of hydrogen-bond donors (Lipinski definition) is 2. The molecule has 0 bridgehead atoms. The van der Waals surface area contributed by atoms with Crippen molar-refractivity contribution in [2.45, 2.75) is 26.3 Å². The number of primary amides is 1. The Kier molecular flexibility index (Phi) is 4.68. The molecule has 0 unspecified atom stereocenters. The van der Waals surface area contributed by atoms with Crippen molar-refractivity contribution in [3.63, 3.8) is 0 Å². The Balaban J connectivity index is 1.88. The third kappa shape index (κ3) is 3.20. The number of thiophene rings is 1. The van der Waals surface area contributed by atoms with E-state index in [1.165, 1.54) is 11.3 Å². The summed E-state index contributed by atoms with van der Waals surface area (Å²) in [4.78, 5) is 27.7. The lowest BCUT2D eigenvalue weighted by atomic mass is 10.0. The van der Waals surface area contributed by atoms with Crippen molar-refractivity contribution in [2.75, 3.05) is 18.4 Å². The number of rotatable bonds is 5. The van der Waals surface area contributed by atoms with Crippen LogP contribution in [0.3, 0.4) is 0 Å². The van der Waals surface area contributed by atoms with E-state index in [1.54, 1.807) is 24.0 Å². The molecular formula is C16H21N5O2S. The van der Waals surface area contributed by atoms with Crippen LogP contribution in [0.25, 0.3) is 0 Å². The first kappa shape index (κ1) is 16.7. The number of amides is 2. The third-order valence-corrected chi connectivity index (χ3v) is 5.23. The summed E-state index contributed by atoms with van der Waals surface area (Å²) >= 11 is 1.44. The van der Waals surface area contributed by atoms with Crippen LogP contribution in [0.15, 0.2) is 12.3 Å². The average Bonchev–Trinajstić information content (AvgIpc) is 3.10. The number of fused-ring (bicyclic) bond motifs is 1. The van der Waals surface area contributed by atoms with E-state index < -0.39 is 5.91 Å². The molecule has 1 aliphatic heterocycles. The van der Waals surface area contributed by atoms with Crippen LogP contribution < -0.4 is 11.1 Å². The highest BCUT2D eigenvalue weighted by atomic mass is 32.1. The molecule has 0 aliphatic carbocycles. The Labute approximate surface area is 144 Å². The highest BCUT2D eigenvalue weighted by molar-refractivity contribution is 7.17. The van der Waals surface area contributed by atoms with Crippen molar-refractivity contribution >= 4 is 28.2 Å². The van der Waals surface area contributed by atoms with Gasteiger partial charge in [-0.3, -0.25) is 19.2 Å². The molecule has 1 aliphatic rings. The monoisotopic (exact) mass is 347 g/mol. The number of nitrogens with one attached hydrogen (secondary N) is 1. The minimum Gasteiger partial charge on any atom is -0.365 e. The summed E-state index contributed by atoms with van der Waals surface area (Å²) in [6.45, 7) is 4.88. The quantitative estimate of drug-likeness (QED) is 0.859. The molecule has 7 nitrogen and oxygen atoms in total. The van der Waals surface area contributed by atoms with Crippen LogP contribution in [0.4, 0.5) is 5.00 Å². The van der Waals surface area contributed by atoms with Crippen LogP contribution in [0.1, 0.15) is 44.6 Å². The molecule has 0 spiro atoms. The van der Waals surface area contributed by atoms with Crippen LogP contribution in [-0.4, -0.2) is 39.6 Å². The smallest absolute Gasteiger partial charge is 0.276 e. The molecule has 0 saturated heterocycles. The van der Waals surface area contributed by atoms with Crippen LogP contribution in [0.5, 0.6) is 0 Å². The molecule has 128 valence electrons. The standard InChI is InChI=1S/C16H21N5O2S/c1-3-6-21-8-4-10-12(9-21)24-16(13(10)14(17)22)18-15(23)11-5-7-20(2)19-11/h5,7H,3-4,6,8-9H2,1-2H3,(H2,17,22)(H,18,23). The van der Waals surface area contributed by atoms with Crippen molar-refractivity contribution in [3.05, 3.63) is 34.0 Å². The molecule has 0 atom stereocenters. The fourth-order valence-electron chi connectivity index (χ4n) is 3.02. The molecule has 0 aromatic carbocycles. The highest BCUT2D eigenvalue weighted by Crippen LogP contribution is 2.37. The van der Waals surface area contributed by atoms with Gasteiger partial charge in [0.15, 0.2) is 5.69 Å². The maximum absolute atomic E-state index is 12.3. The summed E-state index contributed by atoms with van der Waals surface area (Å²) in [5.41, 5.74) is 7.33. The van der Waals surface area contributed by atoms with Crippen molar-refractivity contribution in [3.8, 4) is 0 Å². The maximum atomic E-state index is 12.3. The van der Waals surface area contributed by atoms with E-state index in [2.05, 4.69) is 22.2 Å². The fourth-order valence-corrected chi connectivity index (χ4v) is 4.31. The van der Waals surface area contributed by atoms with Crippen molar-refractivity contribution in [2.24, 2.45) is 12.8 Å². The van der Waals surface area contributed by atoms with Gasteiger partial charge in [0.2, 0.25) is 0 Å². The lowest BCUT2D eigenvalue weighted by molar-refractivity contribution is 0.1000. The van der Waals surface area contributed by atoms with Gasteiger partial charge in [-0.1, -0.05) is 6.92 Å². The van der Waals surface area contributed by atoms with Crippen LogP contribution in [-0.2, 0) is 20.0 Å². The SMILES string of the molecule is CCCN1CCc2c(sc(NC(=O)c3ccn(C)n3)c2C(N)=O)C1. The van der Waals surface area contributed by atoms with Gasteiger partial charge in [-0.05, 0) is 31.0 Å². The Morgan fingerprint density at radius 2 is 2.25 bits per heavy atom. The van der Waals surface area contributed by atoms with E-state index in [0.717, 1.165) is 42.9 Å². The summed E-state index contributed by atoms with van der Waals surface area (Å²) in [5, 5.41) is 7.42. The zero-order valence-electron chi connectivity index (χ0n) is 13.8. The second kappa shape index (κ2) is 6.74. The molecule has 0 radical (unpaired) electrons. The Bertz CT molecular complexity index is 780. The first-order valence-electron chi connectivity index (χ1n) is 7.97. The first-order valence-corrected chi connectivity index (χ1v) is 8.79. The molecule has 3 heterocycles. The van der Waals surface area contributed by atoms with Gasteiger partial charge >= 0.3 is 0 Å². The number of aryl methyl sites for hydroxylation is 1. The van der Waals surface area contributed by atoms with Crippen molar-refractivity contribution in [1.82, 2.24) is 14.7 Å². The van der Waals surface area contributed by atoms with E-state index in [9.17, 15) is 9.59 Å². The first-order chi connectivity index (χ1) is 11.5. The lowest BCUT2D eigenvalue weighted by Crippen LogP contribution is -2.31. The van der Waals surface area contributed by atoms with Crippen molar-refractivity contribution < 1.29 is 9.59 Å². The molecule has 3 N–H and O–H groups in total. The molecule has 2 aromatic heterocycles. The van der Waals surface area contributed by atoms with Crippen LogP contribution >= 0.6 is 11.3 Å². The summed E-state index contributed by atoms with van der Waals surface area (Å²) < 4.78 is 1.56. The van der Waals surface area contributed by atoms with Crippen LogP contribution in [0, 0.1) is 0 Å². The Hall–Kier alpha value is -2.19. The summed E-state index contributed by atoms with van der Waals surface area (Å²) in [5.74, 6) is -0.824. The van der Waals surface area contributed by atoms with E-state index in [1.807, 2.05) is 0 Å². The van der Waals surface area contributed by atoms with Crippen LogP contribution in [0.2, 0.25) is 0 Å². The van der Waals surface area contributed by atoms with Gasteiger partial charge in [-0.15, -0.1) is 11.3 Å². The normalized spacial score (nSPS) is 14.4. The summed E-state index contributed by atoms with van der Waals surface area (Å²) in [7, 11) is 1.75. The molecular weight excluding hydrogens is 326 g/mol. The number of aromatic nitrogens is 2. The number of hydrogen-bond acceptors (Lipinski definition) is 5. The van der Waals surface area contributed by atoms with Gasteiger partial charge in [0, 0.05) is 31.2 Å². The zero-order chi connectivity index (χ0) is 17.3. The molecule has 0 saturated carbocycles. The Morgan fingerprint density at radius 1 is 1.46 bits per heavy atom. The lowest BCUT2D eigenvalue weighted by Gasteiger charge is -2.26. The third-order valence-electron chi connectivity index (χ3n) is 4.10. The van der Waals surface area contributed by atoms with Gasteiger partial charge in [-0.2, -0.15) is 5.10 Å². The molecule has 2 aromatic rings. The number of nitrogens with zero attached hydrogens (tertiary/aromatic N) is 3. The number of nitrogens with two attached hydrogens (primary N) is 1. The molecule has 3 rings (SSSR count). The van der Waals surface area contributed by atoms with E-state index in [0.29, 0.717) is 16.3 Å². The van der Waals surface area contributed by atoms with Gasteiger partial charge < -0.3 is 11.1 Å². The second-order valence-electron chi connectivity index (χ2n) is 5.93. The predicted molar refractivity (Wildman–Crippen MR) is 93.3 cm³/mol. The number of carbonyl (C=O) groups is 2. The van der Waals surface area contributed by atoms with Crippen molar-refractivity contribution in [1.29, 1.82) is 0 Å². The highest BCUT2D eigenvalue weighted by Gasteiger charge is 2.27. The maximum Gasteiger partial charge on any atom is 0.276 e. The van der Waals surface area contributed by atoms with E-state index >= 15 is 0 Å². The minimum absolute atomic E-state index is 0.312. The summed E-state index contributed by atoms with van der Waals surface area (Å²) in [6, 6.07) is 1.63. The second-order valence-corrected chi connectivity index (χ2v) is 7.03. The number of anilines is 1. The van der Waals surface area contributed by atoms with Gasteiger partial charge in [0.25, 0.3) is 11.8 Å². The van der Waals surface area contributed by atoms with Gasteiger partial charge in [0.1, 0.15) is 5.00 Å². The van der Waals surface area contributed by atoms with E-state index in [4.69, 9.17) is 5.73 Å². The Morgan fingerprint density at radius 3 is 2.88 bits per heavy atom. The van der Waals surface area contributed by atoms with E-state index in [-0.39, 0.29) is 5.91 Å². The van der Waals surface area contributed by atoms with Gasteiger partial charge in [0.05, 0.1) is 5.56 Å². The zero-order valence-corrected chi connectivity index (χ0v) is 14.7. The predicted octanol–water partition coefficient (Wildman–Crippen LogP) is 1.60. The largest absolute Gasteiger partial charge is 0.365 e. The minimum atomic E-state index is -0.493. The summed E-state index contributed by atoms with van der Waals surface area (Å²) in [6.07, 6.45) is 3.57. The van der Waals surface area contributed by atoms with Gasteiger partial charge in [-0.25, -0.2) is 0 Å². The molecule has 2 amide bonds. The fraction of sp³-hybridized carbons (Fsp3) is 0.438. The molecule has 24 heavy (non-hydrogen) atoms.